The summed E-state index contributed by atoms with van der Waals surface area (Å²) < 4.78 is 0. The predicted molar refractivity (Wildman–Crippen MR) is 110 cm³/mol. The van der Waals surface area contributed by atoms with E-state index >= 15 is 0 Å². The minimum atomic E-state index is -0.404. The van der Waals surface area contributed by atoms with Crippen molar-refractivity contribution < 1.29 is 9.59 Å². The van der Waals surface area contributed by atoms with Gasteiger partial charge in [0.25, 0.3) is 5.91 Å². The van der Waals surface area contributed by atoms with Gasteiger partial charge in [0.2, 0.25) is 5.91 Å². The molecule has 2 fully saturated rings. The van der Waals surface area contributed by atoms with E-state index in [-0.39, 0.29) is 24.1 Å². The molecular formula is C21H21Cl2N3O2. The number of halogens is 2. The maximum absolute atomic E-state index is 13.0. The van der Waals surface area contributed by atoms with Gasteiger partial charge in [-0.05, 0) is 29.7 Å². The number of amides is 2. The molecule has 0 bridgehead atoms. The monoisotopic (exact) mass is 417 g/mol. The molecule has 2 aliphatic heterocycles. The molecule has 0 radical (unpaired) electrons. The molecule has 0 aliphatic carbocycles. The minimum Gasteiger partial charge on any atom is -0.343 e. The van der Waals surface area contributed by atoms with Crippen LogP contribution in [-0.2, 0) is 4.79 Å². The van der Waals surface area contributed by atoms with Gasteiger partial charge in [-0.3, -0.25) is 9.59 Å². The molecule has 2 amide bonds. The molecule has 7 heteroatoms. The molecule has 3 atom stereocenters. The average Bonchev–Trinajstić information content (AvgIpc) is 3.29. The summed E-state index contributed by atoms with van der Waals surface area (Å²) >= 11 is 12.0. The molecule has 2 N–H and O–H groups in total. The number of likely N-dealkylation sites (tertiary alicyclic amines) is 1. The Morgan fingerprint density at radius 2 is 1.89 bits per heavy atom. The molecule has 2 aliphatic rings. The van der Waals surface area contributed by atoms with Gasteiger partial charge in [-0.2, -0.15) is 0 Å². The molecule has 2 aromatic carbocycles. The Balaban J connectivity index is 1.47. The van der Waals surface area contributed by atoms with Crippen molar-refractivity contribution in [3.63, 3.8) is 0 Å². The van der Waals surface area contributed by atoms with Crippen molar-refractivity contribution in [1.82, 2.24) is 15.5 Å². The molecule has 2 saturated heterocycles. The van der Waals surface area contributed by atoms with Gasteiger partial charge in [0.1, 0.15) is 0 Å². The number of benzene rings is 2. The summed E-state index contributed by atoms with van der Waals surface area (Å²) in [6.45, 7) is 2.45. The zero-order chi connectivity index (χ0) is 19.7. The van der Waals surface area contributed by atoms with Gasteiger partial charge in [-0.25, -0.2) is 0 Å². The number of carbonyl (C=O) groups excluding carboxylic acids is 2. The summed E-state index contributed by atoms with van der Waals surface area (Å²) in [6.07, 6.45) is 0. The lowest BCUT2D eigenvalue weighted by Gasteiger charge is -2.28. The largest absolute Gasteiger partial charge is 0.343 e. The van der Waals surface area contributed by atoms with Gasteiger partial charge < -0.3 is 15.5 Å². The standard InChI is InChI=1S/C21H21Cl2N3O2/c22-15-6-7-18(23)16(8-15)21(28)25-11-19(27)26-12-14-9-24-10-17(14)20(26)13-4-2-1-3-5-13/h1-8,14,17,20,24H,9-12H2,(H,25,28)/t14-,17-,20+/m0/s1. The zero-order valence-electron chi connectivity index (χ0n) is 15.2. The highest BCUT2D eigenvalue weighted by Gasteiger charge is 2.46. The molecular weight excluding hydrogens is 397 g/mol. The molecule has 0 saturated carbocycles. The third kappa shape index (κ3) is 3.75. The summed E-state index contributed by atoms with van der Waals surface area (Å²) in [7, 11) is 0. The van der Waals surface area contributed by atoms with Crippen LogP contribution in [0.1, 0.15) is 22.0 Å². The summed E-state index contributed by atoms with van der Waals surface area (Å²) in [6, 6.07) is 14.8. The Hall–Kier alpha value is -2.08. The quantitative estimate of drug-likeness (QED) is 0.802. The second kappa shape index (κ2) is 8.11. The third-order valence-electron chi connectivity index (χ3n) is 5.60. The number of nitrogens with one attached hydrogen (secondary N) is 2. The number of hydrogen-bond donors (Lipinski definition) is 2. The van der Waals surface area contributed by atoms with Crippen LogP contribution in [0.5, 0.6) is 0 Å². The molecule has 5 nitrogen and oxygen atoms in total. The Bertz CT molecular complexity index is 890. The molecule has 0 aromatic heterocycles. The van der Waals surface area contributed by atoms with E-state index in [9.17, 15) is 9.59 Å². The van der Waals surface area contributed by atoms with Crippen LogP contribution in [0.2, 0.25) is 10.0 Å². The van der Waals surface area contributed by atoms with Crippen LogP contribution in [0.15, 0.2) is 48.5 Å². The van der Waals surface area contributed by atoms with Crippen LogP contribution in [0.3, 0.4) is 0 Å². The summed E-state index contributed by atoms with van der Waals surface area (Å²) in [5.41, 5.74) is 1.40. The molecule has 2 aromatic rings. The Morgan fingerprint density at radius 1 is 1.11 bits per heavy atom. The molecule has 28 heavy (non-hydrogen) atoms. The average molecular weight is 418 g/mol. The Morgan fingerprint density at radius 3 is 2.68 bits per heavy atom. The van der Waals surface area contributed by atoms with Gasteiger partial charge in [0.15, 0.2) is 0 Å². The first-order chi connectivity index (χ1) is 13.5. The summed E-state index contributed by atoms with van der Waals surface area (Å²) in [5, 5.41) is 6.85. The van der Waals surface area contributed by atoms with Crippen molar-refractivity contribution >= 4 is 35.0 Å². The van der Waals surface area contributed by atoms with Crippen molar-refractivity contribution in [2.75, 3.05) is 26.2 Å². The minimum absolute atomic E-state index is 0.0281. The van der Waals surface area contributed by atoms with Gasteiger partial charge >= 0.3 is 0 Å². The van der Waals surface area contributed by atoms with Gasteiger partial charge in [-0.15, -0.1) is 0 Å². The smallest absolute Gasteiger partial charge is 0.253 e. The van der Waals surface area contributed by atoms with E-state index in [0.29, 0.717) is 28.4 Å². The van der Waals surface area contributed by atoms with E-state index in [1.54, 1.807) is 12.1 Å². The van der Waals surface area contributed by atoms with E-state index in [1.807, 2.05) is 23.1 Å². The topological polar surface area (TPSA) is 61.4 Å². The highest BCUT2D eigenvalue weighted by atomic mass is 35.5. The molecule has 146 valence electrons. The Labute approximate surface area is 174 Å². The summed E-state index contributed by atoms with van der Waals surface area (Å²) in [4.78, 5) is 27.3. The highest BCUT2D eigenvalue weighted by molar-refractivity contribution is 6.35. The normalized spacial score (nSPS) is 23.5. The van der Waals surface area contributed by atoms with Crippen LogP contribution in [0, 0.1) is 11.8 Å². The van der Waals surface area contributed by atoms with E-state index in [0.717, 1.165) is 18.7 Å². The van der Waals surface area contributed by atoms with Crippen molar-refractivity contribution in [2.24, 2.45) is 11.8 Å². The lowest BCUT2D eigenvalue weighted by molar-refractivity contribution is -0.131. The lowest BCUT2D eigenvalue weighted by atomic mass is 9.89. The summed E-state index contributed by atoms with van der Waals surface area (Å²) in [5.74, 6) is 0.338. The maximum atomic E-state index is 13.0. The third-order valence-corrected chi connectivity index (χ3v) is 6.16. The van der Waals surface area contributed by atoms with E-state index in [4.69, 9.17) is 23.2 Å². The number of rotatable bonds is 4. The molecule has 0 unspecified atom stereocenters. The van der Waals surface area contributed by atoms with Crippen molar-refractivity contribution in [1.29, 1.82) is 0 Å². The Kier molecular flexibility index (Phi) is 5.58. The molecule has 4 rings (SSSR count). The molecule has 2 heterocycles. The van der Waals surface area contributed by atoms with E-state index in [2.05, 4.69) is 22.8 Å². The van der Waals surface area contributed by atoms with Crippen molar-refractivity contribution in [2.45, 2.75) is 6.04 Å². The zero-order valence-corrected chi connectivity index (χ0v) is 16.7. The second-order valence-electron chi connectivity index (χ2n) is 7.29. The number of hydrogen-bond acceptors (Lipinski definition) is 3. The van der Waals surface area contributed by atoms with Gasteiger partial charge in [0, 0.05) is 30.6 Å². The number of carbonyl (C=O) groups is 2. The number of nitrogens with zero attached hydrogens (tertiary/aromatic N) is 1. The van der Waals surface area contributed by atoms with Gasteiger partial charge in [-0.1, -0.05) is 53.5 Å². The second-order valence-corrected chi connectivity index (χ2v) is 8.13. The van der Waals surface area contributed by atoms with E-state index in [1.165, 1.54) is 6.07 Å². The van der Waals surface area contributed by atoms with E-state index < -0.39 is 5.91 Å². The number of fused-ring (bicyclic) bond motifs is 1. The van der Waals surface area contributed by atoms with Crippen LogP contribution in [-0.4, -0.2) is 42.9 Å². The van der Waals surface area contributed by atoms with Gasteiger partial charge in [0.05, 0.1) is 23.2 Å². The van der Waals surface area contributed by atoms with Crippen LogP contribution >= 0.6 is 23.2 Å². The highest BCUT2D eigenvalue weighted by Crippen LogP contribution is 2.42. The fourth-order valence-electron chi connectivity index (χ4n) is 4.28. The fraction of sp³-hybridized carbons (Fsp3) is 0.333. The van der Waals surface area contributed by atoms with Crippen molar-refractivity contribution in [3.8, 4) is 0 Å². The predicted octanol–water partition coefficient (Wildman–Crippen LogP) is 3.14. The molecule has 0 spiro atoms. The van der Waals surface area contributed by atoms with Crippen LogP contribution < -0.4 is 10.6 Å². The first kappa shape index (κ1) is 19.2. The SMILES string of the molecule is O=C(NCC(=O)N1C[C@@H]2CNC[C@@H]2[C@H]1c1ccccc1)c1cc(Cl)ccc1Cl. The van der Waals surface area contributed by atoms with Crippen LogP contribution in [0.25, 0.3) is 0 Å². The fourth-order valence-corrected chi connectivity index (χ4v) is 4.65. The lowest BCUT2D eigenvalue weighted by Crippen LogP contribution is -2.41. The maximum Gasteiger partial charge on any atom is 0.253 e. The van der Waals surface area contributed by atoms with Crippen molar-refractivity contribution in [3.05, 3.63) is 69.7 Å². The first-order valence-corrected chi connectivity index (χ1v) is 10.1. The first-order valence-electron chi connectivity index (χ1n) is 9.33. The van der Waals surface area contributed by atoms with Crippen LogP contribution in [0.4, 0.5) is 0 Å².